The van der Waals surface area contributed by atoms with Gasteiger partial charge in [-0.15, -0.1) is 0 Å². The van der Waals surface area contributed by atoms with E-state index in [0.29, 0.717) is 18.6 Å². The molecular weight excluding hydrogens is 190 g/mol. The highest BCUT2D eigenvalue weighted by molar-refractivity contribution is 6.20. The highest BCUT2D eigenvalue weighted by Crippen LogP contribution is 2.15. The normalized spacial score (nSPS) is 11.2. The Bertz CT molecular complexity index is 344. The third-order valence-electron chi connectivity index (χ3n) is 1.98. The van der Waals surface area contributed by atoms with Gasteiger partial charge in [0, 0.05) is 18.8 Å². The molecule has 80 valence electrons. The Labute approximate surface area is 89.8 Å². The third-order valence-corrected chi connectivity index (χ3v) is 1.98. The molecule has 0 fully saturated rings. The van der Waals surface area contributed by atoms with Crippen LogP contribution in [0.1, 0.15) is 25.8 Å². The molecule has 0 aromatic carbocycles. The molecule has 0 atom stereocenters. The average Bonchev–Trinajstić information content (AvgIpc) is 2.30. The first-order chi connectivity index (χ1) is 7.29. The predicted octanol–water partition coefficient (Wildman–Crippen LogP) is 2.44. The van der Waals surface area contributed by atoms with Crippen LogP contribution in [0.2, 0.25) is 0 Å². The van der Waals surface area contributed by atoms with Gasteiger partial charge < -0.3 is 4.74 Å². The summed E-state index contributed by atoms with van der Waals surface area (Å²) in [5.74, 6) is 0.0784. The van der Waals surface area contributed by atoms with E-state index in [1.807, 2.05) is 13.8 Å². The van der Waals surface area contributed by atoms with E-state index in [-0.39, 0.29) is 5.78 Å². The SMILES string of the molecule is CCOC=C(C(=O)CC)c1ccncc1. The van der Waals surface area contributed by atoms with Crippen molar-refractivity contribution in [2.75, 3.05) is 6.61 Å². The Hall–Kier alpha value is -1.64. The zero-order valence-electron chi connectivity index (χ0n) is 9.06. The van der Waals surface area contributed by atoms with E-state index >= 15 is 0 Å². The molecule has 0 amide bonds. The molecule has 0 N–H and O–H groups in total. The molecule has 0 unspecified atom stereocenters. The van der Waals surface area contributed by atoms with Crippen LogP contribution in [0.25, 0.3) is 5.57 Å². The van der Waals surface area contributed by atoms with Crippen LogP contribution < -0.4 is 0 Å². The van der Waals surface area contributed by atoms with Crippen LogP contribution >= 0.6 is 0 Å². The van der Waals surface area contributed by atoms with Gasteiger partial charge >= 0.3 is 0 Å². The van der Waals surface area contributed by atoms with E-state index in [2.05, 4.69) is 4.98 Å². The number of allylic oxidation sites excluding steroid dienone is 1. The number of hydrogen-bond donors (Lipinski definition) is 0. The summed E-state index contributed by atoms with van der Waals surface area (Å²) in [4.78, 5) is 15.6. The molecule has 1 aromatic heterocycles. The lowest BCUT2D eigenvalue weighted by Gasteiger charge is -2.05. The molecule has 0 aliphatic heterocycles. The minimum atomic E-state index is 0.0784. The number of hydrogen-bond acceptors (Lipinski definition) is 3. The second kappa shape index (κ2) is 5.96. The van der Waals surface area contributed by atoms with Crippen molar-refractivity contribution in [3.05, 3.63) is 36.4 Å². The van der Waals surface area contributed by atoms with E-state index in [1.165, 1.54) is 6.26 Å². The number of ether oxygens (including phenoxy) is 1. The minimum absolute atomic E-state index is 0.0784. The van der Waals surface area contributed by atoms with E-state index in [4.69, 9.17) is 4.74 Å². The monoisotopic (exact) mass is 205 g/mol. The fourth-order valence-corrected chi connectivity index (χ4v) is 1.18. The van der Waals surface area contributed by atoms with E-state index in [9.17, 15) is 4.79 Å². The number of rotatable bonds is 5. The van der Waals surface area contributed by atoms with Gasteiger partial charge in [0.05, 0.1) is 18.4 Å². The first-order valence-corrected chi connectivity index (χ1v) is 5.05. The third kappa shape index (κ3) is 3.20. The molecule has 0 saturated carbocycles. The molecule has 3 heteroatoms. The van der Waals surface area contributed by atoms with Crippen molar-refractivity contribution in [2.45, 2.75) is 20.3 Å². The van der Waals surface area contributed by atoms with Crippen molar-refractivity contribution in [1.82, 2.24) is 4.98 Å². The van der Waals surface area contributed by atoms with Gasteiger partial charge in [-0.2, -0.15) is 0 Å². The van der Waals surface area contributed by atoms with Gasteiger partial charge in [-0.1, -0.05) is 6.92 Å². The van der Waals surface area contributed by atoms with Crippen molar-refractivity contribution >= 4 is 11.4 Å². The van der Waals surface area contributed by atoms with Crippen LogP contribution in [-0.4, -0.2) is 17.4 Å². The molecule has 3 nitrogen and oxygen atoms in total. The predicted molar refractivity (Wildman–Crippen MR) is 59.1 cm³/mol. The van der Waals surface area contributed by atoms with Crippen molar-refractivity contribution in [3.8, 4) is 0 Å². The Morgan fingerprint density at radius 1 is 1.40 bits per heavy atom. The van der Waals surface area contributed by atoms with E-state index in [0.717, 1.165) is 5.56 Å². The molecule has 0 radical (unpaired) electrons. The molecule has 15 heavy (non-hydrogen) atoms. The summed E-state index contributed by atoms with van der Waals surface area (Å²) >= 11 is 0. The lowest BCUT2D eigenvalue weighted by atomic mass is 10.0. The number of carbonyl (C=O) groups is 1. The van der Waals surface area contributed by atoms with Crippen molar-refractivity contribution in [3.63, 3.8) is 0 Å². The first kappa shape index (κ1) is 11.4. The fraction of sp³-hybridized carbons (Fsp3) is 0.333. The molecular formula is C12H15NO2. The highest BCUT2D eigenvalue weighted by Gasteiger charge is 2.09. The van der Waals surface area contributed by atoms with E-state index < -0.39 is 0 Å². The lowest BCUT2D eigenvalue weighted by molar-refractivity contribution is -0.113. The van der Waals surface area contributed by atoms with Crippen molar-refractivity contribution in [2.24, 2.45) is 0 Å². The molecule has 1 aromatic rings. The zero-order valence-corrected chi connectivity index (χ0v) is 9.06. The fourth-order valence-electron chi connectivity index (χ4n) is 1.18. The zero-order chi connectivity index (χ0) is 11.1. The second-order valence-electron chi connectivity index (χ2n) is 3.00. The minimum Gasteiger partial charge on any atom is -0.501 e. The number of Topliss-reactive ketones (excluding diaryl/α,β-unsaturated/α-hetero) is 1. The summed E-state index contributed by atoms with van der Waals surface area (Å²) in [6.45, 7) is 4.28. The summed E-state index contributed by atoms with van der Waals surface area (Å²) in [5.41, 5.74) is 1.46. The van der Waals surface area contributed by atoms with E-state index in [1.54, 1.807) is 24.5 Å². The van der Waals surface area contributed by atoms with Gasteiger partial charge in [0.2, 0.25) is 0 Å². The van der Waals surface area contributed by atoms with Crippen molar-refractivity contribution in [1.29, 1.82) is 0 Å². The van der Waals surface area contributed by atoms with Crippen LogP contribution in [0.4, 0.5) is 0 Å². The van der Waals surface area contributed by atoms with Gasteiger partial charge in [0.15, 0.2) is 5.78 Å². The summed E-state index contributed by atoms with van der Waals surface area (Å²) in [6, 6.07) is 3.61. The van der Waals surface area contributed by atoms with Crippen LogP contribution in [0.3, 0.4) is 0 Å². The number of carbonyl (C=O) groups excluding carboxylic acids is 1. The number of aromatic nitrogens is 1. The molecule has 0 bridgehead atoms. The Morgan fingerprint density at radius 3 is 2.60 bits per heavy atom. The molecule has 0 spiro atoms. The molecule has 1 heterocycles. The largest absolute Gasteiger partial charge is 0.501 e. The number of ketones is 1. The number of pyridine rings is 1. The van der Waals surface area contributed by atoms with Crippen LogP contribution in [0.5, 0.6) is 0 Å². The molecule has 0 aliphatic rings. The van der Waals surface area contributed by atoms with Crippen molar-refractivity contribution < 1.29 is 9.53 Å². The van der Waals surface area contributed by atoms with Crippen LogP contribution in [-0.2, 0) is 9.53 Å². The van der Waals surface area contributed by atoms with Gasteiger partial charge in [-0.25, -0.2) is 0 Å². The maximum Gasteiger partial charge on any atom is 0.166 e. The highest BCUT2D eigenvalue weighted by atomic mass is 16.5. The topological polar surface area (TPSA) is 39.2 Å². The first-order valence-electron chi connectivity index (χ1n) is 5.05. The van der Waals surface area contributed by atoms with Gasteiger partial charge in [0.1, 0.15) is 0 Å². The van der Waals surface area contributed by atoms with Gasteiger partial charge in [-0.3, -0.25) is 9.78 Å². The summed E-state index contributed by atoms with van der Waals surface area (Å²) in [6.07, 6.45) is 5.33. The standard InChI is InChI=1S/C12H15NO2/c1-3-12(14)11(9-15-4-2)10-5-7-13-8-6-10/h5-9H,3-4H2,1-2H3. The Balaban J connectivity index is 2.96. The summed E-state index contributed by atoms with van der Waals surface area (Å²) < 4.78 is 5.17. The average molecular weight is 205 g/mol. The van der Waals surface area contributed by atoms with Crippen LogP contribution in [0, 0.1) is 0 Å². The molecule has 0 aliphatic carbocycles. The quantitative estimate of drug-likeness (QED) is 0.547. The molecule has 0 saturated heterocycles. The number of nitrogens with zero attached hydrogens (tertiary/aromatic N) is 1. The Kier molecular flexibility index (Phi) is 4.54. The maximum atomic E-state index is 11.6. The Morgan fingerprint density at radius 2 is 2.07 bits per heavy atom. The second-order valence-corrected chi connectivity index (χ2v) is 3.00. The van der Waals surface area contributed by atoms with Crippen LogP contribution in [0.15, 0.2) is 30.8 Å². The maximum absolute atomic E-state index is 11.6. The molecule has 1 rings (SSSR count). The summed E-state index contributed by atoms with van der Waals surface area (Å²) in [5, 5.41) is 0. The van der Waals surface area contributed by atoms with Gasteiger partial charge in [0.25, 0.3) is 0 Å². The van der Waals surface area contributed by atoms with Gasteiger partial charge in [-0.05, 0) is 24.6 Å². The smallest absolute Gasteiger partial charge is 0.166 e. The summed E-state index contributed by atoms with van der Waals surface area (Å²) in [7, 11) is 0. The lowest BCUT2D eigenvalue weighted by Crippen LogP contribution is -2.01.